The number of hydrogen-bond donors (Lipinski definition) is 1. The summed E-state index contributed by atoms with van der Waals surface area (Å²) in [6.45, 7) is 3.72. The van der Waals surface area contributed by atoms with Crippen molar-refractivity contribution in [2.24, 2.45) is 5.92 Å². The zero-order valence-electron chi connectivity index (χ0n) is 10.7. The highest BCUT2D eigenvalue weighted by Gasteiger charge is 2.26. The summed E-state index contributed by atoms with van der Waals surface area (Å²) in [6.07, 6.45) is 4.06. The fraction of sp³-hybridized carbons (Fsp3) is 0.727. The molecule has 0 spiro atoms. The summed E-state index contributed by atoms with van der Waals surface area (Å²) in [5.74, 6) is 1.76. The lowest BCUT2D eigenvalue weighted by atomic mass is 10.2. The predicted octanol–water partition coefficient (Wildman–Crippen LogP) is 2.32. The molecule has 18 heavy (non-hydrogen) atoms. The first-order chi connectivity index (χ1) is 8.72. The molecule has 7 heteroatoms. The molecule has 1 aromatic rings. The Morgan fingerprint density at radius 1 is 1.61 bits per heavy atom. The first-order valence-electron chi connectivity index (χ1n) is 6.10. The number of likely N-dealkylation sites (tertiary alicyclic amines) is 1. The van der Waals surface area contributed by atoms with Gasteiger partial charge < -0.3 is 4.90 Å². The van der Waals surface area contributed by atoms with E-state index in [1.54, 1.807) is 0 Å². The molecule has 0 aromatic carbocycles. The molecule has 0 radical (unpaired) electrons. The number of urea groups is 1. The van der Waals surface area contributed by atoms with Gasteiger partial charge in [0.05, 0.1) is 0 Å². The van der Waals surface area contributed by atoms with Crippen LogP contribution in [0.3, 0.4) is 0 Å². The third-order valence-electron chi connectivity index (χ3n) is 2.96. The Balaban J connectivity index is 1.85. The largest absolute Gasteiger partial charge is 0.324 e. The van der Waals surface area contributed by atoms with Crippen LogP contribution in [0.1, 0.15) is 18.4 Å². The molecular formula is C11H18N4OS2. The van der Waals surface area contributed by atoms with E-state index in [-0.39, 0.29) is 6.03 Å². The monoisotopic (exact) mass is 286 g/mol. The van der Waals surface area contributed by atoms with Crippen molar-refractivity contribution < 1.29 is 4.79 Å². The third kappa shape index (κ3) is 3.35. The summed E-state index contributed by atoms with van der Waals surface area (Å²) in [6, 6.07) is -0.0441. The van der Waals surface area contributed by atoms with Gasteiger partial charge in [-0.2, -0.15) is 11.8 Å². The number of thioether (sulfide) groups is 1. The van der Waals surface area contributed by atoms with Gasteiger partial charge >= 0.3 is 6.03 Å². The van der Waals surface area contributed by atoms with E-state index in [0.717, 1.165) is 36.7 Å². The standard InChI is InChI=1S/C11H18N4OS2/c1-3-9-13-14-10(18-9)12-11(16)15-5-4-8(6-15)7-17-2/h8H,3-7H2,1-2H3,(H,12,14,16)/t8-/m0/s1. The van der Waals surface area contributed by atoms with Crippen LogP contribution in [0.2, 0.25) is 0 Å². The molecule has 1 atom stereocenters. The number of aromatic nitrogens is 2. The summed E-state index contributed by atoms with van der Waals surface area (Å²) in [7, 11) is 0. The van der Waals surface area contributed by atoms with E-state index in [2.05, 4.69) is 21.8 Å². The molecule has 0 aliphatic carbocycles. The van der Waals surface area contributed by atoms with Crippen LogP contribution in [-0.4, -0.2) is 46.2 Å². The van der Waals surface area contributed by atoms with Gasteiger partial charge in [0, 0.05) is 13.1 Å². The fourth-order valence-corrected chi connectivity index (χ4v) is 3.42. The Bertz CT molecular complexity index is 410. The van der Waals surface area contributed by atoms with Gasteiger partial charge in [0.2, 0.25) is 5.13 Å². The van der Waals surface area contributed by atoms with E-state index in [4.69, 9.17) is 0 Å². The van der Waals surface area contributed by atoms with E-state index in [9.17, 15) is 4.79 Å². The lowest BCUT2D eigenvalue weighted by Gasteiger charge is -2.15. The Morgan fingerprint density at radius 3 is 3.11 bits per heavy atom. The smallest absolute Gasteiger partial charge is 0.323 e. The highest BCUT2D eigenvalue weighted by molar-refractivity contribution is 7.98. The Labute approximate surface area is 115 Å². The maximum absolute atomic E-state index is 12.0. The van der Waals surface area contributed by atoms with Gasteiger partial charge in [-0.25, -0.2) is 4.79 Å². The van der Waals surface area contributed by atoms with Gasteiger partial charge in [-0.3, -0.25) is 5.32 Å². The molecule has 100 valence electrons. The second-order valence-electron chi connectivity index (χ2n) is 4.34. The topological polar surface area (TPSA) is 58.1 Å². The maximum atomic E-state index is 12.0. The number of rotatable bonds is 4. The average Bonchev–Trinajstić information content (AvgIpc) is 2.98. The number of hydrogen-bond acceptors (Lipinski definition) is 5. The number of aryl methyl sites for hydroxylation is 1. The number of anilines is 1. The van der Waals surface area contributed by atoms with Crippen LogP contribution in [-0.2, 0) is 6.42 Å². The minimum atomic E-state index is -0.0441. The van der Waals surface area contributed by atoms with Crippen molar-refractivity contribution >= 4 is 34.3 Å². The fourth-order valence-electron chi connectivity index (χ4n) is 2.01. The van der Waals surface area contributed by atoms with E-state index in [1.807, 2.05) is 23.6 Å². The van der Waals surface area contributed by atoms with Crippen molar-refractivity contribution in [3.63, 3.8) is 0 Å². The minimum absolute atomic E-state index is 0.0441. The summed E-state index contributed by atoms with van der Waals surface area (Å²) < 4.78 is 0. The second-order valence-corrected chi connectivity index (χ2v) is 6.31. The molecule has 0 unspecified atom stereocenters. The molecule has 2 rings (SSSR count). The average molecular weight is 286 g/mol. The van der Waals surface area contributed by atoms with Crippen molar-refractivity contribution in [1.29, 1.82) is 0 Å². The minimum Gasteiger partial charge on any atom is -0.324 e. The number of carbonyl (C=O) groups excluding carboxylic acids is 1. The summed E-state index contributed by atoms with van der Waals surface area (Å²) in [5.41, 5.74) is 0. The van der Waals surface area contributed by atoms with Crippen molar-refractivity contribution in [1.82, 2.24) is 15.1 Å². The van der Waals surface area contributed by atoms with Crippen LogP contribution < -0.4 is 5.32 Å². The van der Waals surface area contributed by atoms with Crippen LogP contribution in [0.15, 0.2) is 0 Å². The Kier molecular flexibility index (Phi) is 4.82. The van der Waals surface area contributed by atoms with Gasteiger partial charge in [0.25, 0.3) is 0 Å². The molecule has 0 saturated carbocycles. The first-order valence-corrected chi connectivity index (χ1v) is 8.31. The summed E-state index contributed by atoms with van der Waals surface area (Å²) in [4.78, 5) is 13.9. The highest BCUT2D eigenvalue weighted by atomic mass is 32.2. The van der Waals surface area contributed by atoms with Gasteiger partial charge in [0.15, 0.2) is 0 Å². The van der Waals surface area contributed by atoms with Gasteiger partial charge in [-0.05, 0) is 30.8 Å². The number of amides is 2. The summed E-state index contributed by atoms with van der Waals surface area (Å²) >= 11 is 3.29. The number of nitrogens with one attached hydrogen (secondary N) is 1. The van der Waals surface area contributed by atoms with E-state index < -0.39 is 0 Å². The van der Waals surface area contributed by atoms with Crippen LogP contribution >= 0.6 is 23.1 Å². The lowest BCUT2D eigenvalue weighted by molar-refractivity contribution is 0.221. The van der Waals surface area contributed by atoms with Gasteiger partial charge in [-0.1, -0.05) is 18.3 Å². The first kappa shape index (κ1) is 13.6. The molecule has 1 N–H and O–H groups in total. The van der Waals surface area contributed by atoms with Crippen molar-refractivity contribution in [2.45, 2.75) is 19.8 Å². The zero-order chi connectivity index (χ0) is 13.0. The second kappa shape index (κ2) is 6.38. The number of nitrogens with zero attached hydrogens (tertiary/aromatic N) is 3. The quantitative estimate of drug-likeness (QED) is 0.923. The lowest BCUT2D eigenvalue weighted by Crippen LogP contribution is -2.33. The number of carbonyl (C=O) groups is 1. The van der Waals surface area contributed by atoms with Crippen molar-refractivity contribution in [3.8, 4) is 0 Å². The zero-order valence-corrected chi connectivity index (χ0v) is 12.3. The molecule has 1 fully saturated rings. The van der Waals surface area contributed by atoms with Crippen LogP contribution in [0, 0.1) is 5.92 Å². The SMILES string of the molecule is CCc1nnc(NC(=O)N2CC[C@H](CSC)C2)s1. The molecule has 1 aliphatic heterocycles. The molecular weight excluding hydrogens is 268 g/mol. The Morgan fingerprint density at radius 2 is 2.44 bits per heavy atom. The maximum Gasteiger partial charge on any atom is 0.323 e. The van der Waals surface area contributed by atoms with Crippen molar-refractivity contribution in [2.75, 3.05) is 30.4 Å². The molecule has 0 bridgehead atoms. The molecule has 1 aromatic heterocycles. The molecule has 1 aliphatic rings. The van der Waals surface area contributed by atoms with Crippen LogP contribution in [0.4, 0.5) is 9.93 Å². The van der Waals surface area contributed by atoms with E-state index in [1.165, 1.54) is 11.3 Å². The molecule has 5 nitrogen and oxygen atoms in total. The highest BCUT2D eigenvalue weighted by Crippen LogP contribution is 2.21. The van der Waals surface area contributed by atoms with E-state index in [0.29, 0.717) is 11.0 Å². The molecule has 2 amide bonds. The third-order valence-corrected chi connectivity index (χ3v) is 4.75. The van der Waals surface area contributed by atoms with Crippen molar-refractivity contribution in [3.05, 3.63) is 5.01 Å². The summed E-state index contributed by atoms with van der Waals surface area (Å²) in [5, 5.41) is 12.3. The van der Waals surface area contributed by atoms with Crippen LogP contribution in [0.5, 0.6) is 0 Å². The normalized spacial score (nSPS) is 19.2. The molecule has 2 heterocycles. The van der Waals surface area contributed by atoms with Crippen LogP contribution in [0.25, 0.3) is 0 Å². The molecule has 1 saturated heterocycles. The van der Waals surface area contributed by atoms with Gasteiger partial charge in [0.1, 0.15) is 5.01 Å². The predicted molar refractivity (Wildman–Crippen MR) is 76.4 cm³/mol. The van der Waals surface area contributed by atoms with E-state index >= 15 is 0 Å². The Hall–Kier alpha value is -0.820. The van der Waals surface area contributed by atoms with Gasteiger partial charge in [-0.15, -0.1) is 10.2 Å².